The Hall–Kier alpha value is -2.66. The van der Waals surface area contributed by atoms with E-state index in [2.05, 4.69) is 10.6 Å². The SMILES string of the molecule is O=C(CCC(=O)c1ccc2c(c1)CC(=O)N2)Nc1ccc(Cl)cc1. The van der Waals surface area contributed by atoms with Gasteiger partial charge in [0, 0.05) is 34.8 Å². The second-order valence-corrected chi connectivity index (χ2v) is 6.01. The lowest BCUT2D eigenvalue weighted by Crippen LogP contribution is -2.13. The van der Waals surface area contributed by atoms with E-state index in [0.29, 0.717) is 16.3 Å². The Morgan fingerprint density at radius 3 is 2.58 bits per heavy atom. The van der Waals surface area contributed by atoms with Crippen LogP contribution >= 0.6 is 11.6 Å². The topological polar surface area (TPSA) is 75.3 Å². The van der Waals surface area contributed by atoms with Gasteiger partial charge < -0.3 is 10.6 Å². The lowest BCUT2D eigenvalue weighted by molar-refractivity contribution is -0.116. The Bertz CT molecular complexity index is 816. The van der Waals surface area contributed by atoms with Crippen LogP contribution in [0.3, 0.4) is 0 Å². The fraction of sp³-hybridized carbons (Fsp3) is 0.167. The standard InChI is InChI=1S/C18H15ClN2O3/c19-13-2-4-14(5-3-13)20-17(23)8-7-16(22)11-1-6-15-12(9-11)10-18(24)21-15/h1-6,9H,7-8,10H2,(H,20,23)(H,21,24). The zero-order chi connectivity index (χ0) is 17.1. The highest BCUT2D eigenvalue weighted by atomic mass is 35.5. The molecular weight excluding hydrogens is 328 g/mol. The Morgan fingerprint density at radius 1 is 1.08 bits per heavy atom. The van der Waals surface area contributed by atoms with E-state index >= 15 is 0 Å². The van der Waals surface area contributed by atoms with Gasteiger partial charge in [0.1, 0.15) is 0 Å². The molecule has 0 spiro atoms. The molecular formula is C18H15ClN2O3. The molecule has 0 unspecified atom stereocenters. The summed E-state index contributed by atoms with van der Waals surface area (Å²) in [5.74, 6) is -0.427. The molecule has 2 N–H and O–H groups in total. The molecule has 1 aliphatic heterocycles. The quantitative estimate of drug-likeness (QED) is 0.817. The smallest absolute Gasteiger partial charge is 0.228 e. The summed E-state index contributed by atoms with van der Waals surface area (Å²) >= 11 is 5.79. The van der Waals surface area contributed by atoms with Crippen LogP contribution in [0.5, 0.6) is 0 Å². The van der Waals surface area contributed by atoms with E-state index in [0.717, 1.165) is 11.3 Å². The maximum Gasteiger partial charge on any atom is 0.228 e. The number of rotatable bonds is 5. The van der Waals surface area contributed by atoms with Gasteiger partial charge in [-0.25, -0.2) is 0 Å². The first-order valence-electron chi connectivity index (χ1n) is 7.52. The van der Waals surface area contributed by atoms with E-state index in [9.17, 15) is 14.4 Å². The number of nitrogens with one attached hydrogen (secondary N) is 2. The minimum absolute atomic E-state index is 0.0723. The minimum Gasteiger partial charge on any atom is -0.326 e. The van der Waals surface area contributed by atoms with Gasteiger partial charge in [-0.15, -0.1) is 0 Å². The number of hydrogen-bond acceptors (Lipinski definition) is 3. The van der Waals surface area contributed by atoms with Crippen LogP contribution in [0.2, 0.25) is 5.02 Å². The Morgan fingerprint density at radius 2 is 1.83 bits per heavy atom. The van der Waals surface area contributed by atoms with Gasteiger partial charge in [0.05, 0.1) is 6.42 Å². The summed E-state index contributed by atoms with van der Waals surface area (Å²) in [6.07, 6.45) is 0.489. The number of ketones is 1. The van der Waals surface area contributed by atoms with Crippen LogP contribution in [-0.2, 0) is 16.0 Å². The van der Waals surface area contributed by atoms with Crippen LogP contribution in [0.1, 0.15) is 28.8 Å². The van der Waals surface area contributed by atoms with E-state index in [-0.39, 0.29) is 36.9 Å². The highest BCUT2D eigenvalue weighted by Gasteiger charge is 2.19. The van der Waals surface area contributed by atoms with Crippen LogP contribution in [0.25, 0.3) is 0 Å². The molecule has 1 heterocycles. The molecule has 0 saturated heterocycles. The first-order valence-corrected chi connectivity index (χ1v) is 7.90. The molecule has 24 heavy (non-hydrogen) atoms. The van der Waals surface area contributed by atoms with Crippen molar-refractivity contribution in [2.24, 2.45) is 0 Å². The lowest BCUT2D eigenvalue weighted by Gasteiger charge is -2.06. The van der Waals surface area contributed by atoms with Crippen molar-refractivity contribution in [1.82, 2.24) is 0 Å². The molecule has 0 saturated carbocycles. The first-order chi connectivity index (χ1) is 11.5. The highest BCUT2D eigenvalue weighted by molar-refractivity contribution is 6.30. The highest BCUT2D eigenvalue weighted by Crippen LogP contribution is 2.24. The monoisotopic (exact) mass is 342 g/mol. The lowest BCUT2D eigenvalue weighted by atomic mass is 10.0. The fourth-order valence-electron chi connectivity index (χ4n) is 2.53. The largest absolute Gasteiger partial charge is 0.326 e. The molecule has 0 bridgehead atoms. The fourth-order valence-corrected chi connectivity index (χ4v) is 2.66. The molecule has 0 fully saturated rings. The van der Waals surface area contributed by atoms with Crippen molar-refractivity contribution in [2.75, 3.05) is 10.6 Å². The van der Waals surface area contributed by atoms with E-state index in [1.807, 2.05) is 0 Å². The summed E-state index contributed by atoms with van der Waals surface area (Å²) < 4.78 is 0. The van der Waals surface area contributed by atoms with Crippen molar-refractivity contribution in [3.8, 4) is 0 Å². The van der Waals surface area contributed by atoms with E-state index in [1.165, 1.54) is 0 Å². The van der Waals surface area contributed by atoms with Crippen LogP contribution < -0.4 is 10.6 Å². The van der Waals surface area contributed by atoms with Crippen molar-refractivity contribution >= 4 is 40.6 Å². The zero-order valence-corrected chi connectivity index (χ0v) is 13.5. The molecule has 122 valence electrons. The average Bonchev–Trinajstić information content (AvgIpc) is 2.94. The summed E-state index contributed by atoms with van der Waals surface area (Å²) in [5.41, 5.74) is 2.72. The molecule has 2 aromatic rings. The minimum atomic E-state index is -0.233. The van der Waals surface area contributed by atoms with Gasteiger partial charge in [0.25, 0.3) is 0 Å². The summed E-state index contributed by atoms with van der Waals surface area (Å²) in [6, 6.07) is 11.9. The van der Waals surface area contributed by atoms with E-state index in [1.54, 1.807) is 42.5 Å². The summed E-state index contributed by atoms with van der Waals surface area (Å²) in [6.45, 7) is 0. The van der Waals surface area contributed by atoms with Gasteiger partial charge in [0.15, 0.2) is 5.78 Å². The third-order valence-corrected chi connectivity index (χ3v) is 4.01. The number of carbonyl (C=O) groups is 3. The summed E-state index contributed by atoms with van der Waals surface area (Å²) in [7, 11) is 0. The second kappa shape index (κ2) is 6.84. The molecule has 2 amide bonds. The molecule has 0 aliphatic carbocycles. The number of halogens is 1. The number of hydrogen-bond donors (Lipinski definition) is 2. The zero-order valence-electron chi connectivity index (χ0n) is 12.8. The van der Waals surface area contributed by atoms with Gasteiger partial charge in [-0.1, -0.05) is 11.6 Å². The van der Waals surface area contributed by atoms with E-state index < -0.39 is 0 Å². The average molecular weight is 343 g/mol. The molecule has 5 nitrogen and oxygen atoms in total. The number of carbonyl (C=O) groups excluding carboxylic acids is 3. The van der Waals surface area contributed by atoms with Gasteiger partial charge in [-0.2, -0.15) is 0 Å². The molecule has 0 aromatic heterocycles. The molecule has 6 heteroatoms. The number of Topliss-reactive ketones (excluding diaryl/α,β-unsaturated/α-hetero) is 1. The third kappa shape index (κ3) is 3.81. The maximum absolute atomic E-state index is 12.2. The van der Waals surface area contributed by atoms with Gasteiger partial charge >= 0.3 is 0 Å². The van der Waals surface area contributed by atoms with Crippen LogP contribution in [-0.4, -0.2) is 17.6 Å². The Balaban J connectivity index is 1.55. The van der Waals surface area contributed by atoms with Gasteiger partial charge in [-0.05, 0) is 48.0 Å². The number of anilines is 2. The van der Waals surface area contributed by atoms with E-state index in [4.69, 9.17) is 11.6 Å². The molecule has 0 atom stereocenters. The van der Waals surface area contributed by atoms with Crippen LogP contribution in [0.15, 0.2) is 42.5 Å². The number of amides is 2. The van der Waals surface area contributed by atoms with Crippen molar-refractivity contribution in [1.29, 1.82) is 0 Å². The molecule has 1 aliphatic rings. The third-order valence-electron chi connectivity index (χ3n) is 3.76. The van der Waals surface area contributed by atoms with Crippen LogP contribution in [0, 0.1) is 0 Å². The predicted octanol–water partition coefficient (Wildman–Crippen LogP) is 3.44. The summed E-state index contributed by atoms with van der Waals surface area (Å²) in [4.78, 5) is 35.5. The number of fused-ring (bicyclic) bond motifs is 1. The Labute approximate surface area is 144 Å². The van der Waals surface area contributed by atoms with Gasteiger partial charge in [-0.3, -0.25) is 14.4 Å². The summed E-state index contributed by atoms with van der Waals surface area (Å²) in [5, 5.41) is 6.03. The molecule has 2 aromatic carbocycles. The maximum atomic E-state index is 12.2. The van der Waals surface area contributed by atoms with Gasteiger partial charge in [0.2, 0.25) is 11.8 Å². The second-order valence-electron chi connectivity index (χ2n) is 5.58. The predicted molar refractivity (Wildman–Crippen MR) is 92.4 cm³/mol. The van der Waals surface area contributed by atoms with Crippen molar-refractivity contribution in [3.63, 3.8) is 0 Å². The van der Waals surface area contributed by atoms with Crippen LogP contribution in [0.4, 0.5) is 11.4 Å². The molecule has 3 rings (SSSR count). The normalized spacial score (nSPS) is 12.5. The number of benzene rings is 2. The van der Waals surface area contributed by atoms with Crippen molar-refractivity contribution in [3.05, 3.63) is 58.6 Å². The first kappa shape index (κ1) is 16.2. The molecule has 0 radical (unpaired) electrons. The van der Waals surface area contributed by atoms with Crippen molar-refractivity contribution < 1.29 is 14.4 Å². The van der Waals surface area contributed by atoms with Crippen molar-refractivity contribution in [2.45, 2.75) is 19.3 Å². The Kier molecular flexibility index (Phi) is 4.62.